The van der Waals surface area contributed by atoms with Crippen LogP contribution in [0.1, 0.15) is 25.3 Å². The smallest absolute Gasteiger partial charge is 0.238 e. The molecule has 14 heavy (non-hydrogen) atoms. The first-order valence-corrected chi connectivity index (χ1v) is 4.94. The Kier molecular flexibility index (Phi) is 2.58. The normalized spacial score (nSPS) is 22.9. The van der Waals surface area contributed by atoms with Gasteiger partial charge in [-0.05, 0) is 25.1 Å². The van der Waals surface area contributed by atoms with Crippen LogP contribution in [0.25, 0.3) is 0 Å². The second-order valence-corrected chi connectivity index (χ2v) is 3.65. The van der Waals surface area contributed by atoms with Crippen molar-refractivity contribution in [3.8, 4) is 0 Å². The van der Waals surface area contributed by atoms with Gasteiger partial charge in [0.25, 0.3) is 0 Å². The predicted octanol–water partition coefficient (Wildman–Crippen LogP) is 0.177. The van der Waals surface area contributed by atoms with Crippen LogP contribution in [0.15, 0.2) is 0 Å². The number of amides is 1. The Hall–Kier alpha value is -1.24. The SMILES string of the molecule is O=C1CCC(n2[nH]nnc2=S)CCN1. The minimum atomic E-state index is 0.103. The molecule has 0 aromatic carbocycles. The molecule has 0 saturated carbocycles. The van der Waals surface area contributed by atoms with E-state index in [9.17, 15) is 4.79 Å². The van der Waals surface area contributed by atoms with Crippen molar-refractivity contribution < 1.29 is 4.79 Å². The molecular formula is C7H11N5OS. The summed E-state index contributed by atoms with van der Waals surface area (Å²) in [6.45, 7) is 0.685. The van der Waals surface area contributed by atoms with Crippen LogP contribution < -0.4 is 5.32 Å². The van der Waals surface area contributed by atoms with Crippen LogP contribution in [0.2, 0.25) is 0 Å². The van der Waals surface area contributed by atoms with Crippen LogP contribution in [0, 0.1) is 4.77 Å². The van der Waals surface area contributed by atoms with Crippen LogP contribution >= 0.6 is 12.2 Å². The topological polar surface area (TPSA) is 75.6 Å². The molecule has 1 aliphatic heterocycles. The van der Waals surface area contributed by atoms with Crippen LogP contribution in [0.3, 0.4) is 0 Å². The van der Waals surface area contributed by atoms with Crippen molar-refractivity contribution in [2.75, 3.05) is 6.54 Å². The van der Waals surface area contributed by atoms with E-state index in [0.29, 0.717) is 17.7 Å². The van der Waals surface area contributed by atoms with E-state index in [0.717, 1.165) is 12.8 Å². The lowest BCUT2D eigenvalue weighted by Crippen LogP contribution is -2.21. The molecule has 2 rings (SSSR count). The average Bonchev–Trinajstić information content (AvgIpc) is 2.46. The van der Waals surface area contributed by atoms with Gasteiger partial charge in [-0.15, -0.1) is 0 Å². The van der Waals surface area contributed by atoms with E-state index >= 15 is 0 Å². The van der Waals surface area contributed by atoms with Gasteiger partial charge in [0.2, 0.25) is 10.7 Å². The Balaban J connectivity index is 2.15. The van der Waals surface area contributed by atoms with E-state index in [1.54, 1.807) is 4.68 Å². The molecule has 1 saturated heterocycles. The molecule has 0 spiro atoms. The maximum atomic E-state index is 11.1. The largest absolute Gasteiger partial charge is 0.356 e. The fourth-order valence-corrected chi connectivity index (χ4v) is 1.84. The molecule has 2 heterocycles. The van der Waals surface area contributed by atoms with Gasteiger partial charge in [-0.25, -0.2) is 4.68 Å². The third-order valence-electron chi connectivity index (χ3n) is 2.36. The molecule has 1 unspecified atom stereocenters. The number of aromatic amines is 1. The minimum absolute atomic E-state index is 0.103. The highest BCUT2D eigenvalue weighted by Crippen LogP contribution is 2.18. The first-order chi connectivity index (χ1) is 6.77. The van der Waals surface area contributed by atoms with Crippen LogP contribution in [-0.2, 0) is 4.79 Å². The Morgan fingerprint density at radius 1 is 1.50 bits per heavy atom. The highest BCUT2D eigenvalue weighted by molar-refractivity contribution is 7.71. The van der Waals surface area contributed by atoms with E-state index in [2.05, 4.69) is 20.8 Å². The van der Waals surface area contributed by atoms with Gasteiger partial charge >= 0.3 is 0 Å². The molecule has 0 bridgehead atoms. The molecule has 1 fully saturated rings. The molecular weight excluding hydrogens is 202 g/mol. The third-order valence-corrected chi connectivity index (χ3v) is 2.64. The molecule has 2 N–H and O–H groups in total. The predicted molar refractivity (Wildman–Crippen MR) is 51.1 cm³/mol. The summed E-state index contributed by atoms with van der Waals surface area (Å²) in [5.74, 6) is 0.103. The first-order valence-electron chi connectivity index (χ1n) is 4.53. The molecule has 0 radical (unpaired) electrons. The number of carbonyl (C=O) groups is 1. The number of carbonyl (C=O) groups excluding carboxylic acids is 1. The van der Waals surface area contributed by atoms with Gasteiger partial charge in [0.1, 0.15) is 0 Å². The number of hydrogen-bond donors (Lipinski definition) is 2. The zero-order chi connectivity index (χ0) is 9.97. The number of aromatic nitrogens is 4. The summed E-state index contributed by atoms with van der Waals surface area (Å²) in [6, 6.07) is 0.205. The van der Waals surface area contributed by atoms with Gasteiger partial charge in [0.15, 0.2) is 0 Å². The van der Waals surface area contributed by atoms with E-state index in [1.807, 2.05) is 0 Å². The Morgan fingerprint density at radius 2 is 2.36 bits per heavy atom. The van der Waals surface area contributed by atoms with Crippen LogP contribution in [0.4, 0.5) is 0 Å². The summed E-state index contributed by atoms with van der Waals surface area (Å²) in [7, 11) is 0. The lowest BCUT2D eigenvalue weighted by Gasteiger charge is -2.12. The lowest BCUT2D eigenvalue weighted by molar-refractivity contribution is -0.120. The quantitative estimate of drug-likeness (QED) is 0.652. The minimum Gasteiger partial charge on any atom is -0.356 e. The molecule has 7 heteroatoms. The van der Waals surface area contributed by atoms with E-state index in [-0.39, 0.29) is 11.9 Å². The Morgan fingerprint density at radius 3 is 3.07 bits per heavy atom. The highest BCUT2D eigenvalue weighted by Gasteiger charge is 2.18. The molecule has 1 amide bonds. The highest BCUT2D eigenvalue weighted by atomic mass is 32.1. The second-order valence-electron chi connectivity index (χ2n) is 3.28. The molecule has 1 aliphatic rings. The summed E-state index contributed by atoms with van der Waals surface area (Å²) in [4.78, 5) is 11.1. The van der Waals surface area contributed by atoms with Crippen molar-refractivity contribution >= 4 is 18.1 Å². The summed E-state index contributed by atoms with van der Waals surface area (Å²) in [6.07, 6.45) is 2.18. The summed E-state index contributed by atoms with van der Waals surface area (Å²) in [5.41, 5.74) is 0. The second kappa shape index (κ2) is 3.87. The van der Waals surface area contributed by atoms with Crippen molar-refractivity contribution in [3.63, 3.8) is 0 Å². The van der Waals surface area contributed by atoms with E-state index in [4.69, 9.17) is 12.2 Å². The van der Waals surface area contributed by atoms with Gasteiger partial charge in [0.05, 0.1) is 6.04 Å². The molecule has 1 aromatic heterocycles. The maximum Gasteiger partial charge on any atom is 0.238 e. The zero-order valence-electron chi connectivity index (χ0n) is 7.56. The number of rotatable bonds is 1. The number of tetrazole rings is 1. The van der Waals surface area contributed by atoms with Crippen molar-refractivity contribution in [2.24, 2.45) is 0 Å². The number of H-pyrrole nitrogens is 1. The number of nitrogens with zero attached hydrogens (tertiary/aromatic N) is 3. The fraction of sp³-hybridized carbons (Fsp3) is 0.714. The van der Waals surface area contributed by atoms with Crippen molar-refractivity contribution in [2.45, 2.75) is 25.3 Å². The zero-order valence-corrected chi connectivity index (χ0v) is 8.38. The van der Waals surface area contributed by atoms with Crippen molar-refractivity contribution in [3.05, 3.63) is 4.77 Å². The first kappa shape index (κ1) is 9.32. The van der Waals surface area contributed by atoms with Gasteiger partial charge in [-0.3, -0.25) is 4.79 Å². The van der Waals surface area contributed by atoms with Gasteiger partial charge in [-0.1, -0.05) is 10.3 Å². The van der Waals surface area contributed by atoms with Gasteiger partial charge < -0.3 is 5.32 Å². The summed E-state index contributed by atoms with van der Waals surface area (Å²) < 4.78 is 2.19. The molecule has 1 atom stereocenters. The lowest BCUT2D eigenvalue weighted by atomic mass is 10.1. The molecule has 76 valence electrons. The molecule has 6 nitrogen and oxygen atoms in total. The number of hydrogen-bond acceptors (Lipinski definition) is 4. The summed E-state index contributed by atoms with van der Waals surface area (Å²) >= 11 is 4.99. The Labute approximate surface area is 85.7 Å². The van der Waals surface area contributed by atoms with Gasteiger partial charge in [0, 0.05) is 13.0 Å². The van der Waals surface area contributed by atoms with Crippen molar-refractivity contribution in [1.29, 1.82) is 0 Å². The molecule has 1 aromatic rings. The van der Waals surface area contributed by atoms with Crippen molar-refractivity contribution in [1.82, 2.24) is 25.5 Å². The number of nitrogens with one attached hydrogen (secondary N) is 2. The van der Waals surface area contributed by atoms with Crippen LogP contribution in [0.5, 0.6) is 0 Å². The van der Waals surface area contributed by atoms with E-state index in [1.165, 1.54) is 0 Å². The monoisotopic (exact) mass is 213 g/mol. The Bertz CT molecular complexity index is 383. The van der Waals surface area contributed by atoms with Gasteiger partial charge in [-0.2, -0.15) is 5.21 Å². The summed E-state index contributed by atoms with van der Waals surface area (Å²) in [5, 5.41) is 12.9. The fourth-order valence-electron chi connectivity index (χ4n) is 1.61. The van der Waals surface area contributed by atoms with E-state index < -0.39 is 0 Å². The maximum absolute atomic E-state index is 11.1. The standard InChI is InChI=1S/C7H11N5OS/c13-6-2-1-5(3-4-8-6)12-7(14)9-10-11-12/h5H,1-4H2,(H,8,13)(H,9,11,14). The van der Waals surface area contributed by atoms with Crippen LogP contribution in [-0.4, -0.2) is 32.7 Å². The average molecular weight is 213 g/mol. The third kappa shape index (κ3) is 1.82. The molecule has 0 aliphatic carbocycles.